The van der Waals surface area contributed by atoms with Gasteiger partial charge in [-0.15, -0.1) is 10.2 Å². The molecule has 1 aliphatic rings. The first-order valence-corrected chi connectivity index (χ1v) is 11.4. The van der Waals surface area contributed by atoms with Gasteiger partial charge in [-0.3, -0.25) is 4.68 Å². The molecule has 4 aromatic rings. The van der Waals surface area contributed by atoms with Crippen molar-refractivity contribution in [2.24, 2.45) is 14.1 Å². The molecule has 0 radical (unpaired) electrons. The van der Waals surface area contributed by atoms with E-state index in [-0.39, 0.29) is 48.7 Å². The number of pyridine rings is 2. The van der Waals surface area contributed by atoms with Gasteiger partial charge < -0.3 is 9.47 Å². The zero-order valence-corrected chi connectivity index (χ0v) is 20.3. The molecule has 0 amide bonds. The number of anilines is 1. The number of hydrogen-bond donors (Lipinski definition) is 0. The van der Waals surface area contributed by atoms with Crippen molar-refractivity contribution >= 4 is 16.7 Å². The summed E-state index contributed by atoms with van der Waals surface area (Å²) in [6, 6.07) is 3.29. The Kier molecular flexibility index (Phi) is 6.00. The summed E-state index contributed by atoms with van der Waals surface area (Å²) in [7, 11) is 2.64. The number of halogens is 7. The lowest BCUT2D eigenvalue weighted by Crippen LogP contribution is -2.42. The second-order valence-corrected chi connectivity index (χ2v) is 9.14. The standard InChI is InChI=1S/C23H18F7N9/c1-37-11-33-35-20(37)21(24)3-5-39(6-4-21)17-12(9-31)8-15(22(25,26)27)34-16(17)13-7-14-18(23(28,29)30)38(2)36-19(14)32-10-13/h7-8,10-11H,3-6H2,1-2H3. The molecule has 0 atom stereocenters. The van der Waals surface area contributed by atoms with Gasteiger partial charge in [-0.25, -0.2) is 14.4 Å². The summed E-state index contributed by atoms with van der Waals surface area (Å²) in [4.78, 5) is 9.13. The fraction of sp³-hybridized carbons (Fsp3) is 0.391. The third-order valence-corrected chi connectivity index (χ3v) is 6.62. The van der Waals surface area contributed by atoms with Crippen molar-refractivity contribution in [1.29, 1.82) is 5.26 Å². The number of fused-ring (bicyclic) bond motifs is 1. The van der Waals surface area contributed by atoms with Gasteiger partial charge in [0, 0.05) is 51.8 Å². The monoisotopic (exact) mass is 553 g/mol. The van der Waals surface area contributed by atoms with E-state index in [2.05, 4.69) is 25.3 Å². The summed E-state index contributed by atoms with van der Waals surface area (Å²) in [5.41, 5.74) is -5.79. The Morgan fingerprint density at radius 2 is 1.72 bits per heavy atom. The summed E-state index contributed by atoms with van der Waals surface area (Å²) in [5, 5.41) is 20.6. The van der Waals surface area contributed by atoms with Crippen LogP contribution in [0.5, 0.6) is 0 Å². The Morgan fingerprint density at radius 1 is 1.03 bits per heavy atom. The van der Waals surface area contributed by atoms with Crippen LogP contribution in [0.3, 0.4) is 0 Å². The van der Waals surface area contributed by atoms with E-state index in [9.17, 15) is 31.6 Å². The van der Waals surface area contributed by atoms with Crippen LogP contribution in [0.4, 0.5) is 36.4 Å². The molecule has 1 aliphatic heterocycles. The lowest BCUT2D eigenvalue weighted by atomic mass is 9.91. The van der Waals surface area contributed by atoms with Crippen molar-refractivity contribution in [2.75, 3.05) is 18.0 Å². The van der Waals surface area contributed by atoms with E-state index in [1.807, 2.05) is 0 Å². The van der Waals surface area contributed by atoms with Crippen LogP contribution in [0.1, 0.15) is 35.6 Å². The Bertz CT molecular complexity index is 1600. The van der Waals surface area contributed by atoms with E-state index in [0.29, 0.717) is 10.7 Å². The quantitative estimate of drug-likeness (QED) is 0.344. The number of alkyl halides is 7. The first-order valence-electron chi connectivity index (χ1n) is 11.4. The zero-order valence-electron chi connectivity index (χ0n) is 20.3. The van der Waals surface area contributed by atoms with Gasteiger partial charge in [0.05, 0.1) is 22.3 Å². The minimum absolute atomic E-state index is 0.0472. The molecular weight excluding hydrogens is 535 g/mol. The minimum Gasteiger partial charge on any atom is -0.368 e. The predicted molar refractivity (Wildman–Crippen MR) is 122 cm³/mol. The van der Waals surface area contributed by atoms with E-state index >= 15 is 4.39 Å². The number of aryl methyl sites for hydroxylation is 2. The smallest absolute Gasteiger partial charge is 0.368 e. The Hall–Kier alpha value is -4.29. The lowest BCUT2D eigenvalue weighted by Gasteiger charge is -2.38. The van der Waals surface area contributed by atoms with Gasteiger partial charge in [0.1, 0.15) is 18.1 Å². The molecule has 0 aromatic carbocycles. The molecule has 39 heavy (non-hydrogen) atoms. The summed E-state index contributed by atoms with van der Waals surface area (Å²) in [6.45, 7) is -0.0943. The number of piperidine rings is 1. The fourth-order valence-electron chi connectivity index (χ4n) is 4.83. The normalized spacial score (nSPS) is 16.1. The van der Waals surface area contributed by atoms with Crippen LogP contribution in [0, 0.1) is 11.3 Å². The zero-order chi connectivity index (χ0) is 28.3. The second-order valence-electron chi connectivity index (χ2n) is 9.14. The van der Waals surface area contributed by atoms with Crippen molar-refractivity contribution in [3.05, 3.63) is 47.4 Å². The van der Waals surface area contributed by atoms with Crippen LogP contribution in [0.15, 0.2) is 24.7 Å². The number of aromatic nitrogens is 7. The lowest BCUT2D eigenvalue weighted by molar-refractivity contribution is -0.142. The maximum atomic E-state index is 15.7. The molecular formula is C23H18F7N9. The van der Waals surface area contributed by atoms with Gasteiger partial charge >= 0.3 is 12.4 Å². The summed E-state index contributed by atoms with van der Waals surface area (Å²) >= 11 is 0. The fourth-order valence-corrected chi connectivity index (χ4v) is 4.83. The van der Waals surface area contributed by atoms with Crippen LogP contribution in [0.2, 0.25) is 0 Å². The van der Waals surface area contributed by atoms with Crippen molar-refractivity contribution in [3.8, 4) is 17.3 Å². The molecule has 0 bridgehead atoms. The summed E-state index contributed by atoms with van der Waals surface area (Å²) < 4.78 is 100. The average Bonchev–Trinajstić information content (AvgIpc) is 3.45. The maximum Gasteiger partial charge on any atom is 0.433 e. The van der Waals surface area contributed by atoms with Gasteiger partial charge in [0.25, 0.3) is 0 Å². The van der Waals surface area contributed by atoms with E-state index in [1.54, 1.807) is 13.1 Å². The second kappa shape index (κ2) is 8.89. The van der Waals surface area contributed by atoms with Crippen LogP contribution in [0.25, 0.3) is 22.3 Å². The SMILES string of the molecule is Cn1cnnc1C1(F)CCN(c2c(C#N)cc(C(F)(F)F)nc2-c2cnc3nn(C)c(C(F)(F)F)c3c2)CC1. The highest BCUT2D eigenvalue weighted by atomic mass is 19.4. The molecule has 0 unspecified atom stereocenters. The molecule has 4 aromatic heterocycles. The highest BCUT2D eigenvalue weighted by Gasteiger charge is 2.42. The van der Waals surface area contributed by atoms with E-state index in [4.69, 9.17) is 0 Å². The van der Waals surface area contributed by atoms with Gasteiger partial charge in [-0.1, -0.05) is 0 Å². The van der Waals surface area contributed by atoms with Crippen LogP contribution < -0.4 is 4.90 Å². The van der Waals surface area contributed by atoms with Crippen molar-refractivity contribution in [2.45, 2.75) is 30.9 Å². The predicted octanol–water partition coefficient (Wildman–Crippen LogP) is 4.53. The first-order chi connectivity index (χ1) is 18.2. The molecule has 204 valence electrons. The van der Waals surface area contributed by atoms with E-state index < -0.39 is 46.1 Å². The Balaban J connectivity index is 1.66. The Labute approximate surface area is 215 Å². The molecule has 9 nitrogen and oxygen atoms in total. The van der Waals surface area contributed by atoms with Crippen molar-refractivity contribution in [1.82, 2.24) is 34.5 Å². The van der Waals surface area contributed by atoms with Crippen molar-refractivity contribution in [3.63, 3.8) is 0 Å². The molecule has 0 spiro atoms. The van der Waals surface area contributed by atoms with Crippen LogP contribution in [-0.2, 0) is 32.1 Å². The molecule has 0 aliphatic carbocycles. The third-order valence-electron chi connectivity index (χ3n) is 6.62. The van der Waals surface area contributed by atoms with Gasteiger partial charge in [-0.05, 0) is 12.1 Å². The van der Waals surface area contributed by atoms with E-state index in [1.165, 1.54) is 15.8 Å². The Morgan fingerprint density at radius 3 is 2.28 bits per heavy atom. The number of rotatable bonds is 3. The maximum absolute atomic E-state index is 15.7. The number of hydrogen-bond acceptors (Lipinski definition) is 7. The summed E-state index contributed by atoms with van der Waals surface area (Å²) in [6.07, 6.45) is -7.67. The molecule has 5 rings (SSSR count). The first kappa shape index (κ1) is 26.3. The molecule has 0 N–H and O–H groups in total. The minimum atomic E-state index is -4.96. The van der Waals surface area contributed by atoms with Crippen LogP contribution in [-0.4, -0.2) is 47.6 Å². The highest BCUT2D eigenvalue weighted by Crippen LogP contribution is 2.43. The molecule has 0 saturated carbocycles. The average molecular weight is 553 g/mol. The topological polar surface area (TPSA) is 101 Å². The number of nitriles is 1. The van der Waals surface area contributed by atoms with Gasteiger partial charge in [0.2, 0.25) is 0 Å². The van der Waals surface area contributed by atoms with Gasteiger partial charge in [-0.2, -0.15) is 36.7 Å². The van der Waals surface area contributed by atoms with Crippen molar-refractivity contribution < 1.29 is 30.7 Å². The molecule has 1 saturated heterocycles. The highest BCUT2D eigenvalue weighted by molar-refractivity contribution is 5.87. The molecule has 1 fully saturated rings. The van der Waals surface area contributed by atoms with E-state index in [0.717, 1.165) is 19.3 Å². The van der Waals surface area contributed by atoms with Crippen LogP contribution >= 0.6 is 0 Å². The number of nitrogens with zero attached hydrogens (tertiary/aromatic N) is 9. The molecule has 16 heteroatoms. The molecule has 5 heterocycles. The summed E-state index contributed by atoms with van der Waals surface area (Å²) in [5.74, 6) is 0.0827. The largest absolute Gasteiger partial charge is 0.433 e. The third kappa shape index (κ3) is 4.51. The van der Waals surface area contributed by atoms with Gasteiger partial charge in [0.15, 0.2) is 22.8 Å².